The molecule has 0 bridgehead atoms. The zero-order valence-electron chi connectivity index (χ0n) is 12.6. The van der Waals surface area contributed by atoms with Gasteiger partial charge in [-0.25, -0.2) is 4.98 Å². The molecular formula is C18H21N3. The van der Waals surface area contributed by atoms with Crippen LogP contribution in [0.5, 0.6) is 0 Å². The van der Waals surface area contributed by atoms with Gasteiger partial charge in [0.25, 0.3) is 0 Å². The molecule has 0 aliphatic carbocycles. The van der Waals surface area contributed by atoms with Gasteiger partial charge in [-0.05, 0) is 36.8 Å². The molecule has 1 N–H and O–H groups in total. The smallest absolute Gasteiger partial charge is 0.110 e. The molecule has 0 atom stereocenters. The van der Waals surface area contributed by atoms with Gasteiger partial charge in [0.15, 0.2) is 0 Å². The topological polar surface area (TPSA) is 41.6 Å². The number of hydrogen-bond acceptors (Lipinski definition) is 2. The first kappa shape index (κ1) is 13.8. The summed E-state index contributed by atoms with van der Waals surface area (Å²) in [7, 11) is 0. The van der Waals surface area contributed by atoms with Crippen LogP contribution in [-0.4, -0.2) is 15.0 Å². The maximum Gasteiger partial charge on any atom is 0.110 e. The monoisotopic (exact) mass is 279 g/mol. The first-order chi connectivity index (χ1) is 10.2. The lowest BCUT2D eigenvalue weighted by molar-refractivity contribution is 0.635. The lowest BCUT2D eigenvalue weighted by atomic mass is 10.0. The number of nitrogens with zero attached hydrogens (tertiary/aromatic N) is 2. The molecule has 0 saturated carbocycles. The number of hydrogen-bond donors (Lipinski definition) is 1. The Bertz CT molecular complexity index is 714. The minimum Gasteiger partial charge on any atom is -0.344 e. The molecule has 3 heteroatoms. The number of pyridine rings is 1. The Labute approximate surface area is 125 Å². The summed E-state index contributed by atoms with van der Waals surface area (Å²) in [6.45, 7) is 4.44. The van der Waals surface area contributed by atoms with Gasteiger partial charge in [-0.2, -0.15) is 0 Å². The van der Waals surface area contributed by atoms with Gasteiger partial charge in [-0.1, -0.05) is 44.2 Å². The molecular weight excluding hydrogens is 258 g/mol. The van der Waals surface area contributed by atoms with E-state index in [0.717, 1.165) is 41.7 Å². The molecule has 0 unspecified atom stereocenters. The third-order valence-electron chi connectivity index (χ3n) is 3.65. The summed E-state index contributed by atoms with van der Waals surface area (Å²) >= 11 is 0. The lowest BCUT2D eigenvalue weighted by Crippen LogP contribution is -2.03. The number of aryl methyl sites for hydroxylation is 2. The molecule has 3 rings (SSSR count). The Hall–Kier alpha value is -2.16. The lowest BCUT2D eigenvalue weighted by Gasteiger charge is -2.08. The molecule has 3 nitrogen and oxygen atoms in total. The Morgan fingerprint density at radius 2 is 1.90 bits per heavy atom. The number of fused-ring (bicyclic) bond motifs is 1. The van der Waals surface area contributed by atoms with Gasteiger partial charge in [-0.15, -0.1) is 0 Å². The first-order valence-electron chi connectivity index (χ1n) is 7.58. The highest BCUT2D eigenvalue weighted by atomic mass is 14.9. The van der Waals surface area contributed by atoms with Gasteiger partial charge in [0.2, 0.25) is 0 Å². The van der Waals surface area contributed by atoms with E-state index < -0.39 is 0 Å². The Morgan fingerprint density at radius 1 is 1.10 bits per heavy atom. The van der Waals surface area contributed by atoms with Crippen LogP contribution in [0, 0.1) is 5.92 Å². The fourth-order valence-electron chi connectivity index (χ4n) is 2.64. The number of benzene rings is 1. The normalized spacial score (nSPS) is 11.4. The van der Waals surface area contributed by atoms with Crippen molar-refractivity contribution in [2.45, 2.75) is 33.1 Å². The molecule has 2 heterocycles. The van der Waals surface area contributed by atoms with Crippen LogP contribution >= 0.6 is 0 Å². The van der Waals surface area contributed by atoms with Gasteiger partial charge >= 0.3 is 0 Å². The van der Waals surface area contributed by atoms with Crippen molar-refractivity contribution in [1.29, 1.82) is 0 Å². The molecule has 21 heavy (non-hydrogen) atoms. The van der Waals surface area contributed by atoms with Crippen LogP contribution in [0.2, 0.25) is 0 Å². The van der Waals surface area contributed by atoms with Crippen molar-refractivity contribution in [1.82, 2.24) is 15.0 Å². The van der Waals surface area contributed by atoms with E-state index in [1.54, 1.807) is 6.33 Å². The second kappa shape index (κ2) is 6.08. The Morgan fingerprint density at radius 3 is 2.67 bits per heavy atom. The van der Waals surface area contributed by atoms with E-state index in [1.807, 2.05) is 0 Å². The van der Waals surface area contributed by atoms with Crippen molar-refractivity contribution >= 4 is 11.0 Å². The van der Waals surface area contributed by atoms with E-state index in [-0.39, 0.29) is 0 Å². The van der Waals surface area contributed by atoms with Crippen molar-refractivity contribution in [3.63, 3.8) is 0 Å². The van der Waals surface area contributed by atoms with Crippen LogP contribution in [0.15, 0.2) is 42.7 Å². The summed E-state index contributed by atoms with van der Waals surface area (Å²) in [5.74, 6) is 0.585. The van der Waals surface area contributed by atoms with Gasteiger partial charge < -0.3 is 4.98 Å². The van der Waals surface area contributed by atoms with Crippen molar-refractivity contribution in [3.05, 3.63) is 59.7 Å². The van der Waals surface area contributed by atoms with Crippen LogP contribution in [0.25, 0.3) is 11.0 Å². The number of aromatic amines is 1. The van der Waals surface area contributed by atoms with Crippen molar-refractivity contribution in [2.24, 2.45) is 5.92 Å². The minimum atomic E-state index is 0.585. The predicted molar refractivity (Wildman–Crippen MR) is 86.3 cm³/mol. The second-order valence-corrected chi connectivity index (χ2v) is 5.94. The number of aromatic nitrogens is 3. The molecule has 108 valence electrons. The summed E-state index contributed by atoms with van der Waals surface area (Å²) in [5.41, 5.74) is 5.74. The van der Waals surface area contributed by atoms with Gasteiger partial charge in [0.1, 0.15) is 5.52 Å². The van der Waals surface area contributed by atoms with Crippen LogP contribution in [0.4, 0.5) is 0 Å². The van der Waals surface area contributed by atoms with E-state index in [4.69, 9.17) is 4.98 Å². The zero-order valence-corrected chi connectivity index (χ0v) is 12.6. The summed E-state index contributed by atoms with van der Waals surface area (Å²) in [6.07, 6.45) is 4.72. The Balaban J connectivity index is 1.85. The summed E-state index contributed by atoms with van der Waals surface area (Å²) in [6, 6.07) is 12.7. The predicted octanol–water partition coefficient (Wildman–Crippen LogP) is 3.94. The van der Waals surface area contributed by atoms with Crippen LogP contribution in [0.3, 0.4) is 0 Å². The van der Waals surface area contributed by atoms with Crippen molar-refractivity contribution < 1.29 is 0 Å². The first-order valence-corrected chi connectivity index (χ1v) is 7.58. The standard InChI is InChI=1S/C18H21N3/c1-13(2)10-17-18-16(19-12-20-18)11-15(21-17)9-8-14-6-4-3-5-7-14/h3-7,11-13H,8-10H2,1-2H3,(H,19,20). The Kier molecular flexibility index (Phi) is 4.00. The average molecular weight is 279 g/mol. The molecule has 0 saturated heterocycles. The third-order valence-corrected chi connectivity index (χ3v) is 3.65. The minimum absolute atomic E-state index is 0.585. The summed E-state index contributed by atoms with van der Waals surface area (Å²) in [4.78, 5) is 12.5. The molecule has 0 spiro atoms. The largest absolute Gasteiger partial charge is 0.344 e. The summed E-state index contributed by atoms with van der Waals surface area (Å²) < 4.78 is 0. The third kappa shape index (κ3) is 3.30. The second-order valence-electron chi connectivity index (χ2n) is 5.94. The van der Waals surface area contributed by atoms with Crippen molar-refractivity contribution in [3.8, 4) is 0 Å². The van der Waals surface area contributed by atoms with Gasteiger partial charge in [0.05, 0.1) is 17.5 Å². The van der Waals surface area contributed by atoms with Crippen molar-refractivity contribution in [2.75, 3.05) is 0 Å². The molecule has 0 amide bonds. The summed E-state index contributed by atoms with van der Waals surface area (Å²) in [5, 5.41) is 0. The maximum absolute atomic E-state index is 4.85. The van der Waals surface area contributed by atoms with Crippen LogP contribution in [0.1, 0.15) is 30.8 Å². The molecule has 0 radical (unpaired) electrons. The number of rotatable bonds is 5. The van der Waals surface area contributed by atoms with E-state index in [0.29, 0.717) is 5.92 Å². The maximum atomic E-state index is 4.85. The van der Waals surface area contributed by atoms with E-state index in [9.17, 15) is 0 Å². The quantitative estimate of drug-likeness (QED) is 0.768. The van der Waals surface area contributed by atoms with E-state index >= 15 is 0 Å². The van der Waals surface area contributed by atoms with Crippen LogP contribution in [-0.2, 0) is 19.3 Å². The fraction of sp³-hybridized carbons (Fsp3) is 0.333. The van der Waals surface area contributed by atoms with Gasteiger partial charge in [-0.3, -0.25) is 4.98 Å². The van der Waals surface area contributed by atoms with Gasteiger partial charge in [0, 0.05) is 5.69 Å². The number of nitrogens with one attached hydrogen (secondary N) is 1. The highest BCUT2D eigenvalue weighted by Gasteiger charge is 2.10. The molecule has 2 aromatic heterocycles. The zero-order chi connectivity index (χ0) is 14.7. The highest BCUT2D eigenvalue weighted by Crippen LogP contribution is 2.19. The van der Waals surface area contributed by atoms with E-state index in [1.165, 1.54) is 5.56 Å². The molecule has 3 aromatic rings. The van der Waals surface area contributed by atoms with Crippen LogP contribution < -0.4 is 0 Å². The average Bonchev–Trinajstić information content (AvgIpc) is 2.94. The molecule has 0 aliphatic heterocycles. The number of imidazole rings is 1. The van der Waals surface area contributed by atoms with E-state index in [2.05, 4.69) is 60.2 Å². The fourth-order valence-corrected chi connectivity index (χ4v) is 2.64. The molecule has 1 aromatic carbocycles. The highest BCUT2D eigenvalue weighted by molar-refractivity contribution is 5.77. The SMILES string of the molecule is CC(C)Cc1nc(CCc2ccccc2)cc2[nH]cnc12. The molecule has 0 aliphatic rings. The number of H-pyrrole nitrogens is 1. The molecule has 0 fully saturated rings.